The standard InChI is InChI=1S/C22H19FN4O2S/c1-26(2)22(28)14-8-9-20-17(10-14)18(13-27(20)30(3)29)21-24-11-15(12-25-21)16-6-4-5-7-19(16)23/h4-13H,1-3H3. The average Bonchev–Trinajstić information content (AvgIpc) is 3.13. The van der Waals surface area contributed by atoms with E-state index in [0.717, 1.165) is 5.39 Å². The minimum absolute atomic E-state index is 0.135. The Bertz CT molecular complexity index is 1280. The SMILES string of the molecule is CN(C)C(=O)c1ccc2c(c1)c(-c1ncc(-c3ccccc3F)cn1)cn2S(C)=O. The third-order valence-electron chi connectivity index (χ3n) is 4.78. The van der Waals surface area contributed by atoms with E-state index < -0.39 is 11.0 Å². The maximum absolute atomic E-state index is 14.1. The summed E-state index contributed by atoms with van der Waals surface area (Å²) in [6.45, 7) is 0. The van der Waals surface area contributed by atoms with E-state index in [-0.39, 0.29) is 11.7 Å². The maximum atomic E-state index is 14.1. The minimum Gasteiger partial charge on any atom is -0.345 e. The van der Waals surface area contributed by atoms with Crippen molar-refractivity contribution in [1.82, 2.24) is 18.8 Å². The van der Waals surface area contributed by atoms with Gasteiger partial charge < -0.3 is 4.90 Å². The Hall–Kier alpha value is -3.39. The molecule has 0 bridgehead atoms. The van der Waals surface area contributed by atoms with Gasteiger partial charge in [-0.25, -0.2) is 18.6 Å². The van der Waals surface area contributed by atoms with Crippen molar-refractivity contribution in [2.24, 2.45) is 0 Å². The van der Waals surface area contributed by atoms with Crippen LogP contribution < -0.4 is 0 Å². The Morgan fingerprint density at radius 3 is 2.40 bits per heavy atom. The first-order valence-electron chi connectivity index (χ1n) is 9.15. The monoisotopic (exact) mass is 422 g/mol. The normalized spacial score (nSPS) is 12.1. The third-order valence-corrected chi connectivity index (χ3v) is 5.63. The fourth-order valence-corrected chi connectivity index (χ4v) is 3.97. The Morgan fingerprint density at radius 2 is 1.77 bits per heavy atom. The minimum atomic E-state index is -1.30. The number of hydrogen-bond acceptors (Lipinski definition) is 4. The second kappa shape index (κ2) is 7.79. The van der Waals surface area contributed by atoms with Crippen LogP contribution in [0.25, 0.3) is 33.4 Å². The number of aromatic nitrogens is 3. The topological polar surface area (TPSA) is 68.1 Å². The molecule has 2 heterocycles. The van der Waals surface area contributed by atoms with E-state index in [1.165, 1.54) is 11.0 Å². The first-order chi connectivity index (χ1) is 14.4. The van der Waals surface area contributed by atoms with Crippen LogP contribution in [0.3, 0.4) is 0 Å². The van der Waals surface area contributed by atoms with E-state index in [0.29, 0.717) is 33.6 Å². The molecule has 1 unspecified atom stereocenters. The molecule has 0 radical (unpaired) electrons. The summed E-state index contributed by atoms with van der Waals surface area (Å²) in [6.07, 6.45) is 6.40. The van der Waals surface area contributed by atoms with Crippen LogP contribution in [0.15, 0.2) is 61.1 Å². The fraction of sp³-hybridized carbons (Fsp3) is 0.136. The number of carbonyl (C=O) groups excluding carboxylic acids is 1. The molecule has 8 heteroatoms. The van der Waals surface area contributed by atoms with Gasteiger partial charge in [0.1, 0.15) is 16.8 Å². The number of nitrogens with zero attached hydrogens (tertiary/aromatic N) is 4. The predicted octanol–water partition coefficient (Wildman–Crippen LogP) is 3.75. The molecule has 0 saturated carbocycles. The van der Waals surface area contributed by atoms with Crippen LogP contribution in [0.2, 0.25) is 0 Å². The molecule has 0 N–H and O–H groups in total. The zero-order chi connectivity index (χ0) is 21.4. The zero-order valence-electron chi connectivity index (χ0n) is 16.7. The van der Waals surface area contributed by atoms with E-state index in [4.69, 9.17) is 0 Å². The molecule has 152 valence electrons. The van der Waals surface area contributed by atoms with Crippen molar-refractivity contribution in [3.05, 3.63) is 72.4 Å². The van der Waals surface area contributed by atoms with E-state index in [1.54, 1.807) is 79.3 Å². The van der Waals surface area contributed by atoms with Gasteiger partial charge in [0, 0.05) is 66.6 Å². The van der Waals surface area contributed by atoms with Gasteiger partial charge in [-0.1, -0.05) is 18.2 Å². The van der Waals surface area contributed by atoms with Gasteiger partial charge in [-0.05, 0) is 24.3 Å². The molecule has 0 saturated heterocycles. The lowest BCUT2D eigenvalue weighted by Gasteiger charge is -2.10. The number of halogens is 1. The number of fused-ring (bicyclic) bond motifs is 1. The third kappa shape index (κ3) is 3.50. The highest BCUT2D eigenvalue weighted by atomic mass is 32.2. The van der Waals surface area contributed by atoms with Crippen LogP contribution >= 0.6 is 0 Å². The maximum Gasteiger partial charge on any atom is 0.253 e. The first kappa shape index (κ1) is 19.9. The van der Waals surface area contributed by atoms with Gasteiger partial charge in [0.05, 0.1) is 5.52 Å². The lowest BCUT2D eigenvalue weighted by atomic mass is 10.1. The number of benzene rings is 2. The van der Waals surface area contributed by atoms with E-state index >= 15 is 0 Å². The Kier molecular flexibility index (Phi) is 5.17. The molecule has 0 spiro atoms. The largest absolute Gasteiger partial charge is 0.345 e. The van der Waals surface area contributed by atoms with Crippen molar-refractivity contribution in [2.45, 2.75) is 0 Å². The highest BCUT2D eigenvalue weighted by Crippen LogP contribution is 2.31. The van der Waals surface area contributed by atoms with Crippen LogP contribution in [0.5, 0.6) is 0 Å². The van der Waals surface area contributed by atoms with Crippen LogP contribution in [0.1, 0.15) is 10.4 Å². The van der Waals surface area contributed by atoms with Crippen LogP contribution in [-0.2, 0) is 11.0 Å². The predicted molar refractivity (Wildman–Crippen MR) is 116 cm³/mol. The summed E-state index contributed by atoms with van der Waals surface area (Å²) in [4.78, 5) is 22.7. The summed E-state index contributed by atoms with van der Waals surface area (Å²) in [7, 11) is 2.07. The van der Waals surface area contributed by atoms with E-state index in [2.05, 4.69) is 9.97 Å². The molecule has 0 aliphatic carbocycles. The van der Waals surface area contributed by atoms with Gasteiger partial charge >= 0.3 is 0 Å². The van der Waals surface area contributed by atoms with Crippen molar-refractivity contribution in [3.8, 4) is 22.5 Å². The fourth-order valence-electron chi connectivity index (χ4n) is 3.28. The van der Waals surface area contributed by atoms with Crippen molar-refractivity contribution in [1.29, 1.82) is 0 Å². The van der Waals surface area contributed by atoms with Crippen LogP contribution in [0.4, 0.5) is 4.39 Å². The molecule has 2 aromatic carbocycles. The molecule has 30 heavy (non-hydrogen) atoms. The van der Waals surface area contributed by atoms with E-state index in [9.17, 15) is 13.4 Å². The average molecular weight is 422 g/mol. The Morgan fingerprint density at radius 1 is 1.07 bits per heavy atom. The van der Waals surface area contributed by atoms with Gasteiger partial charge in [-0.3, -0.25) is 8.77 Å². The molecule has 1 amide bonds. The second-order valence-corrected chi connectivity index (χ2v) is 8.24. The molecule has 2 aromatic heterocycles. The van der Waals surface area contributed by atoms with Gasteiger partial charge in [0.2, 0.25) is 0 Å². The van der Waals surface area contributed by atoms with Crippen LogP contribution in [0, 0.1) is 5.82 Å². The van der Waals surface area contributed by atoms with Gasteiger partial charge in [-0.2, -0.15) is 0 Å². The summed E-state index contributed by atoms with van der Waals surface area (Å²) < 4.78 is 27.9. The summed E-state index contributed by atoms with van der Waals surface area (Å²) in [5, 5.41) is 0.719. The lowest BCUT2D eigenvalue weighted by molar-refractivity contribution is 0.0828. The summed E-state index contributed by atoms with van der Waals surface area (Å²) in [5.41, 5.74) is 2.84. The van der Waals surface area contributed by atoms with Crippen LogP contribution in [-0.4, -0.2) is 49.3 Å². The van der Waals surface area contributed by atoms with Crippen molar-refractivity contribution in [3.63, 3.8) is 0 Å². The molecular weight excluding hydrogens is 403 g/mol. The summed E-state index contributed by atoms with van der Waals surface area (Å²) >= 11 is 0. The van der Waals surface area contributed by atoms with E-state index in [1.807, 2.05) is 0 Å². The van der Waals surface area contributed by atoms with Crippen molar-refractivity contribution >= 4 is 27.8 Å². The Labute approximate surface area is 175 Å². The molecule has 0 aliphatic rings. The smallest absolute Gasteiger partial charge is 0.253 e. The number of amides is 1. The quantitative estimate of drug-likeness (QED) is 0.502. The number of carbonyl (C=O) groups is 1. The summed E-state index contributed by atoms with van der Waals surface area (Å²) in [5.74, 6) is -0.0820. The molecule has 4 rings (SSSR count). The highest BCUT2D eigenvalue weighted by Gasteiger charge is 2.17. The lowest BCUT2D eigenvalue weighted by Crippen LogP contribution is -2.21. The number of hydrogen-bond donors (Lipinski definition) is 0. The second-order valence-electron chi connectivity index (χ2n) is 7.00. The van der Waals surface area contributed by atoms with Gasteiger partial charge in [-0.15, -0.1) is 0 Å². The molecule has 1 atom stereocenters. The van der Waals surface area contributed by atoms with Gasteiger partial charge in [0.15, 0.2) is 5.82 Å². The van der Waals surface area contributed by atoms with Gasteiger partial charge in [0.25, 0.3) is 5.91 Å². The number of rotatable bonds is 4. The zero-order valence-corrected chi connectivity index (χ0v) is 17.5. The van der Waals surface area contributed by atoms with Crippen molar-refractivity contribution < 1.29 is 13.4 Å². The van der Waals surface area contributed by atoms with Crippen molar-refractivity contribution in [2.75, 3.05) is 20.4 Å². The highest BCUT2D eigenvalue weighted by molar-refractivity contribution is 7.82. The summed E-state index contributed by atoms with van der Waals surface area (Å²) in [6, 6.07) is 11.7. The molecule has 4 aromatic rings. The molecule has 0 fully saturated rings. The Balaban J connectivity index is 1.85. The molecular formula is C22H19FN4O2S. The molecule has 6 nitrogen and oxygen atoms in total. The molecule has 0 aliphatic heterocycles. The first-order valence-corrected chi connectivity index (χ1v) is 10.7.